The Balaban J connectivity index is 2.54. The van der Waals surface area contributed by atoms with E-state index < -0.39 is 0 Å². The third kappa shape index (κ3) is 2.05. The number of aromatic nitrogens is 3. The van der Waals surface area contributed by atoms with Gasteiger partial charge in [-0.25, -0.2) is 9.50 Å². The van der Waals surface area contributed by atoms with E-state index in [0.717, 1.165) is 29.9 Å². The fourth-order valence-electron chi connectivity index (χ4n) is 1.68. The van der Waals surface area contributed by atoms with Gasteiger partial charge in [0, 0.05) is 11.8 Å². The van der Waals surface area contributed by atoms with E-state index in [-0.39, 0.29) is 0 Å². The van der Waals surface area contributed by atoms with Crippen LogP contribution < -0.4 is 0 Å². The smallest absolute Gasteiger partial charge is 0.157 e. The first-order valence-electron chi connectivity index (χ1n) is 5.67. The minimum Gasteiger partial charge on any atom is -0.233 e. The van der Waals surface area contributed by atoms with Gasteiger partial charge in [0.05, 0.1) is 5.69 Å². The summed E-state index contributed by atoms with van der Waals surface area (Å²) in [7, 11) is 0. The van der Waals surface area contributed by atoms with Crippen molar-refractivity contribution in [2.45, 2.75) is 39.5 Å². The van der Waals surface area contributed by atoms with Crippen LogP contribution in [0, 0.1) is 0 Å². The maximum atomic E-state index is 6.18. The minimum absolute atomic E-state index is 0.382. The van der Waals surface area contributed by atoms with Gasteiger partial charge in [-0.1, -0.05) is 38.8 Å². The Bertz CT molecular complexity index is 502. The van der Waals surface area contributed by atoms with Gasteiger partial charge >= 0.3 is 0 Å². The van der Waals surface area contributed by atoms with Crippen molar-refractivity contribution in [3.8, 4) is 0 Å². The van der Waals surface area contributed by atoms with Crippen LogP contribution in [0.25, 0.3) is 5.65 Å². The zero-order chi connectivity index (χ0) is 11.7. The molecule has 2 heterocycles. The van der Waals surface area contributed by atoms with Crippen LogP contribution in [0.4, 0.5) is 0 Å². The lowest BCUT2D eigenvalue weighted by Crippen LogP contribution is -1.98. The van der Waals surface area contributed by atoms with Gasteiger partial charge in [-0.15, -0.1) is 0 Å². The highest BCUT2D eigenvalue weighted by Crippen LogP contribution is 2.19. The second kappa shape index (κ2) is 4.42. The number of nitrogens with zero attached hydrogens (tertiary/aromatic N) is 3. The van der Waals surface area contributed by atoms with Gasteiger partial charge in [-0.3, -0.25) is 0 Å². The molecular weight excluding hydrogens is 222 g/mol. The van der Waals surface area contributed by atoms with Crippen molar-refractivity contribution < 1.29 is 0 Å². The predicted octanol–water partition coefficient (Wildman–Crippen LogP) is 3.46. The summed E-state index contributed by atoms with van der Waals surface area (Å²) in [4.78, 5) is 4.55. The van der Waals surface area contributed by atoms with E-state index in [1.807, 2.05) is 12.1 Å². The van der Waals surface area contributed by atoms with Crippen molar-refractivity contribution in [2.24, 2.45) is 0 Å². The Morgan fingerprint density at radius 1 is 1.38 bits per heavy atom. The molecule has 0 aliphatic rings. The molecule has 3 nitrogen and oxygen atoms in total. The highest BCUT2D eigenvalue weighted by molar-refractivity contribution is 6.29. The van der Waals surface area contributed by atoms with Crippen LogP contribution in [0.15, 0.2) is 12.1 Å². The SMILES string of the molecule is CCCc1cc2nc(C(C)C)cc(Cl)n2n1. The molecule has 0 spiro atoms. The first-order chi connectivity index (χ1) is 7.61. The molecule has 0 aliphatic heterocycles. The van der Waals surface area contributed by atoms with Gasteiger partial charge in [0.1, 0.15) is 5.15 Å². The molecule has 0 N–H and O–H groups in total. The lowest BCUT2D eigenvalue weighted by atomic mass is 10.1. The first-order valence-corrected chi connectivity index (χ1v) is 6.04. The average Bonchev–Trinajstić information content (AvgIpc) is 2.61. The van der Waals surface area contributed by atoms with Crippen molar-refractivity contribution in [3.63, 3.8) is 0 Å². The average molecular weight is 238 g/mol. The lowest BCUT2D eigenvalue weighted by Gasteiger charge is -2.05. The molecule has 0 saturated heterocycles. The third-order valence-electron chi connectivity index (χ3n) is 2.55. The van der Waals surface area contributed by atoms with Gasteiger partial charge < -0.3 is 0 Å². The first kappa shape index (κ1) is 11.4. The van der Waals surface area contributed by atoms with Crippen LogP contribution in [-0.2, 0) is 6.42 Å². The highest BCUT2D eigenvalue weighted by Gasteiger charge is 2.09. The molecule has 0 aromatic carbocycles. The molecule has 0 fully saturated rings. The monoisotopic (exact) mass is 237 g/mol. The van der Waals surface area contributed by atoms with Gasteiger partial charge in [-0.05, 0) is 18.4 Å². The Labute approximate surface area is 100 Å². The highest BCUT2D eigenvalue weighted by atomic mass is 35.5. The van der Waals surface area contributed by atoms with E-state index >= 15 is 0 Å². The van der Waals surface area contributed by atoms with Crippen molar-refractivity contribution in [3.05, 3.63) is 28.7 Å². The molecule has 4 heteroatoms. The molecular formula is C12H16ClN3. The van der Waals surface area contributed by atoms with Gasteiger partial charge in [0.25, 0.3) is 0 Å². The van der Waals surface area contributed by atoms with E-state index in [1.165, 1.54) is 0 Å². The van der Waals surface area contributed by atoms with Gasteiger partial charge in [0.15, 0.2) is 5.65 Å². The van der Waals surface area contributed by atoms with Crippen molar-refractivity contribution in [1.82, 2.24) is 14.6 Å². The summed E-state index contributed by atoms with van der Waals surface area (Å²) >= 11 is 6.18. The Kier molecular flexibility index (Phi) is 3.15. The molecule has 2 aromatic rings. The topological polar surface area (TPSA) is 30.2 Å². The van der Waals surface area contributed by atoms with Crippen LogP contribution in [0.5, 0.6) is 0 Å². The number of halogens is 1. The number of fused-ring (bicyclic) bond motifs is 1. The lowest BCUT2D eigenvalue weighted by molar-refractivity contribution is 0.798. The normalized spacial score (nSPS) is 11.6. The van der Waals surface area contributed by atoms with Crippen LogP contribution in [0.1, 0.15) is 44.5 Å². The Morgan fingerprint density at radius 3 is 2.75 bits per heavy atom. The molecule has 0 saturated carbocycles. The summed E-state index contributed by atoms with van der Waals surface area (Å²) in [6, 6.07) is 3.91. The molecule has 2 rings (SSSR count). The van der Waals surface area contributed by atoms with Crippen molar-refractivity contribution >= 4 is 17.2 Å². The van der Waals surface area contributed by atoms with E-state index in [1.54, 1.807) is 4.52 Å². The summed E-state index contributed by atoms with van der Waals surface area (Å²) in [5, 5.41) is 5.06. The number of hydrogen-bond acceptors (Lipinski definition) is 2. The molecule has 0 bridgehead atoms. The summed E-state index contributed by atoms with van der Waals surface area (Å²) in [5.41, 5.74) is 2.91. The van der Waals surface area contributed by atoms with E-state index in [9.17, 15) is 0 Å². The van der Waals surface area contributed by atoms with Gasteiger partial charge in [0.2, 0.25) is 0 Å². The fourth-order valence-corrected chi connectivity index (χ4v) is 1.91. The van der Waals surface area contributed by atoms with E-state index in [0.29, 0.717) is 11.1 Å². The predicted molar refractivity (Wildman–Crippen MR) is 66.1 cm³/mol. The third-order valence-corrected chi connectivity index (χ3v) is 2.82. The Hall–Kier alpha value is -1.09. The number of rotatable bonds is 3. The standard InChI is InChI=1S/C12H16ClN3/c1-4-5-9-6-12-14-10(8(2)3)7-11(13)16(12)15-9/h6-8H,4-5H2,1-3H3. The zero-order valence-electron chi connectivity index (χ0n) is 9.87. The Morgan fingerprint density at radius 2 is 2.12 bits per heavy atom. The van der Waals surface area contributed by atoms with Crippen molar-refractivity contribution in [2.75, 3.05) is 0 Å². The molecule has 86 valence electrons. The number of hydrogen-bond donors (Lipinski definition) is 0. The fraction of sp³-hybridized carbons (Fsp3) is 0.500. The van der Waals surface area contributed by atoms with Crippen LogP contribution in [0.3, 0.4) is 0 Å². The maximum absolute atomic E-state index is 6.18. The number of aryl methyl sites for hydroxylation is 1. The van der Waals surface area contributed by atoms with Crippen molar-refractivity contribution in [1.29, 1.82) is 0 Å². The second-order valence-electron chi connectivity index (χ2n) is 4.31. The summed E-state index contributed by atoms with van der Waals surface area (Å²) in [6.45, 7) is 6.36. The largest absolute Gasteiger partial charge is 0.233 e. The minimum atomic E-state index is 0.382. The molecule has 0 aliphatic carbocycles. The zero-order valence-corrected chi connectivity index (χ0v) is 10.6. The molecule has 2 aromatic heterocycles. The van der Waals surface area contributed by atoms with Crippen LogP contribution in [-0.4, -0.2) is 14.6 Å². The molecule has 0 radical (unpaired) electrons. The van der Waals surface area contributed by atoms with Crippen LogP contribution >= 0.6 is 11.6 Å². The van der Waals surface area contributed by atoms with E-state index in [2.05, 4.69) is 30.9 Å². The van der Waals surface area contributed by atoms with Crippen LogP contribution in [0.2, 0.25) is 5.15 Å². The maximum Gasteiger partial charge on any atom is 0.157 e. The molecule has 0 amide bonds. The summed E-state index contributed by atoms with van der Waals surface area (Å²) < 4.78 is 1.71. The summed E-state index contributed by atoms with van der Waals surface area (Å²) in [5.74, 6) is 0.382. The molecule has 0 unspecified atom stereocenters. The molecule has 0 atom stereocenters. The second-order valence-corrected chi connectivity index (χ2v) is 4.70. The summed E-state index contributed by atoms with van der Waals surface area (Å²) in [6.07, 6.45) is 2.05. The molecule has 16 heavy (non-hydrogen) atoms. The quantitative estimate of drug-likeness (QED) is 0.766. The van der Waals surface area contributed by atoms with E-state index in [4.69, 9.17) is 11.6 Å². The van der Waals surface area contributed by atoms with Gasteiger partial charge in [-0.2, -0.15) is 5.10 Å².